The molecule has 0 radical (unpaired) electrons. The van der Waals surface area contributed by atoms with E-state index in [1.165, 1.54) is 25.3 Å². The van der Waals surface area contributed by atoms with Gasteiger partial charge in [-0.25, -0.2) is 9.18 Å². The van der Waals surface area contributed by atoms with Gasteiger partial charge in [0.15, 0.2) is 5.69 Å². The maximum atomic E-state index is 13.7. The van der Waals surface area contributed by atoms with Gasteiger partial charge < -0.3 is 19.3 Å². The second kappa shape index (κ2) is 9.92. The van der Waals surface area contributed by atoms with Crippen LogP contribution in [0.5, 0.6) is 5.75 Å². The quantitative estimate of drug-likeness (QED) is 0.315. The summed E-state index contributed by atoms with van der Waals surface area (Å²) in [4.78, 5) is 56.1. The Morgan fingerprint density at radius 3 is 2.36 bits per heavy atom. The minimum absolute atomic E-state index is 0.0201. The average Bonchev–Trinajstić information content (AvgIpc) is 3.21. The minimum atomic E-state index is -0.963. The summed E-state index contributed by atoms with van der Waals surface area (Å²) in [6.45, 7) is 2.75. The second-order valence-corrected chi connectivity index (χ2v) is 10.2. The van der Waals surface area contributed by atoms with Crippen LogP contribution in [0.15, 0.2) is 42.1 Å². The third kappa shape index (κ3) is 4.01. The molecule has 2 aromatic carbocycles. The Balaban J connectivity index is 1.45. The zero-order valence-corrected chi connectivity index (χ0v) is 22.5. The predicted molar refractivity (Wildman–Crippen MR) is 141 cm³/mol. The first-order valence-corrected chi connectivity index (χ1v) is 13.0. The van der Waals surface area contributed by atoms with Crippen LogP contribution in [0.1, 0.15) is 41.3 Å². The maximum absolute atomic E-state index is 13.7. The molecule has 5 rings (SSSR count). The fourth-order valence-electron chi connectivity index (χ4n) is 5.86. The minimum Gasteiger partial charge on any atom is -0.496 e. The Labute approximate surface area is 226 Å². The molecule has 9 nitrogen and oxygen atoms in total. The van der Waals surface area contributed by atoms with Crippen molar-refractivity contribution in [2.45, 2.75) is 26.2 Å². The third-order valence-electron chi connectivity index (χ3n) is 7.77. The molecule has 1 atom stereocenters. The largest absolute Gasteiger partial charge is 0.534 e. The van der Waals surface area contributed by atoms with Crippen molar-refractivity contribution >= 4 is 35.1 Å². The van der Waals surface area contributed by atoms with E-state index in [1.807, 2.05) is 0 Å². The lowest BCUT2D eigenvalue weighted by Crippen LogP contribution is -2.70. The van der Waals surface area contributed by atoms with Gasteiger partial charge in [-0.2, -0.15) is 4.79 Å². The fraction of sp³-hybridized carbons (Fsp3) is 0.379. The molecule has 3 amide bonds. The zero-order chi connectivity index (χ0) is 28.1. The molecule has 0 bridgehead atoms. The van der Waals surface area contributed by atoms with Crippen molar-refractivity contribution in [2.75, 3.05) is 40.9 Å². The molecule has 10 heteroatoms. The van der Waals surface area contributed by atoms with Crippen LogP contribution in [0, 0.1) is 11.7 Å². The van der Waals surface area contributed by atoms with Crippen LogP contribution >= 0.6 is 0 Å². The molecule has 2 aromatic rings. The van der Waals surface area contributed by atoms with E-state index in [0.717, 1.165) is 24.8 Å². The normalized spacial score (nSPS) is 20.4. The number of fused-ring (bicyclic) bond motifs is 3. The van der Waals surface area contributed by atoms with Crippen LogP contribution in [-0.2, 0) is 20.7 Å². The smallest absolute Gasteiger partial charge is 0.496 e. The van der Waals surface area contributed by atoms with Crippen molar-refractivity contribution < 1.29 is 33.0 Å². The number of imide groups is 1. The van der Waals surface area contributed by atoms with E-state index in [2.05, 4.69) is 0 Å². The predicted octanol–water partition coefficient (Wildman–Crippen LogP) is 3.75. The monoisotopic (exact) mass is 536 g/mol. The SMILES string of the molecule is CCOC(=O)[N+]12C(=O)C(=O)C1=C(N(C)C)c1cc(C(=O)N3CCC(Cc4ccc(F)cc4)CC3)c(OC)cc12. The number of piperidine rings is 1. The molecule has 39 heavy (non-hydrogen) atoms. The molecule has 2 fully saturated rings. The van der Waals surface area contributed by atoms with Gasteiger partial charge in [-0.1, -0.05) is 16.6 Å². The van der Waals surface area contributed by atoms with Crippen LogP contribution < -0.4 is 9.22 Å². The summed E-state index contributed by atoms with van der Waals surface area (Å²) in [7, 11) is 4.84. The number of hydrogen-bond donors (Lipinski definition) is 0. The molecule has 3 heterocycles. The number of likely N-dealkylation sites (tertiary alicyclic amines) is 1. The number of ketones is 1. The van der Waals surface area contributed by atoms with E-state index in [9.17, 15) is 23.6 Å². The molecule has 0 spiro atoms. The van der Waals surface area contributed by atoms with Gasteiger partial charge in [0.05, 0.1) is 24.8 Å². The van der Waals surface area contributed by atoms with Crippen molar-refractivity contribution in [2.24, 2.45) is 5.92 Å². The Hall–Kier alpha value is -4.05. The third-order valence-corrected chi connectivity index (χ3v) is 7.77. The van der Waals surface area contributed by atoms with Crippen molar-refractivity contribution in [3.63, 3.8) is 0 Å². The van der Waals surface area contributed by atoms with Gasteiger partial charge in [-0.3, -0.25) is 9.59 Å². The van der Waals surface area contributed by atoms with Crippen molar-refractivity contribution in [1.29, 1.82) is 0 Å². The van der Waals surface area contributed by atoms with Crippen LogP contribution in [0.2, 0.25) is 0 Å². The number of β-lactam (4-membered cyclic amide) rings is 1. The average molecular weight is 537 g/mol. The molecule has 3 aliphatic rings. The van der Waals surface area contributed by atoms with Gasteiger partial charge in [0.25, 0.3) is 5.91 Å². The topological polar surface area (TPSA) is 93.2 Å². The summed E-state index contributed by atoms with van der Waals surface area (Å²) >= 11 is 0. The Morgan fingerprint density at radius 2 is 1.77 bits per heavy atom. The summed E-state index contributed by atoms with van der Waals surface area (Å²) in [5.41, 5.74) is 2.46. The van der Waals surface area contributed by atoms with Gasteiger partial charge >= 0.3 is 17.8 Å². The lowest BCUT2D eigenvalue weighted by atomic mass is 9.90. The fourth-order valence-corrected chi connectivity index (χ4v) is 5.86. The standard InChI is InChI=1S/C29H31FN3O6/c1-5-39-29(37)33-22-16-23(38-4)21(15-20(22)24(31(2)3)25(33)26(34)28(33)36)27(35)32-12-10-18(11-13-32)14-17-6-8-19(30)9-7-17/h6-9,15-16,18H,5,10-14H2,1-4H3/q+1. The number of nitrogens with zero attached hydrogens (tertiary/aromatic N) is 3. The molecule has 1 unspecified atom stereocenters. The number of carbonyl (C=O) groups excluding carboxylic acids is 4. The van der Waals surface area contributed by atoms with E-state index in [-0.39, 0.29) is 41.0 Å². The Bertz CT molecular complexity index is 1410. The van der Waals surface area contributed by atoms with E-state index in [4.69, 9.17) is 9.47 Å². The highest BCUT2D eigenvalue weighted by molar-refractivity contribution is 6.61. The highest BCUT2D eigenvalue weighted by Gasteiger charge is 2.74. The van der Waals surface area contributed by atoms with Crippen LogP contribution in [0.3, 0.4) is 0 Å². The Kier molecular flexibility index (Phi) is 6.76. The van der Waals surface area contributed by atoms with E-state index < -0.39 is 22.3 Å². The van der Waals surface area contributed by atoms with Crippen molar-refractivity contribution in [1.82, 2.24) is 14.3 Å². The number of halogens is 1. The first kappa shape index (κ1) is 26.6. The summed E-state index contributed by atoms with van der Waals surface area (Å²) in [5, 5.41) is 0. The molecule has 204 valence electrons. The number of hydrogen-bond acceptors (Lipinski definition) is 7. The number of quaternary nitrogens is 1. The highest BCUT2D eigenvalue weighted by Crippen LogP contribution is 2.54. The summed E-state index contributed by atoms with van der Waals surface area (Å²) in [6.07, 6.45) is 1.56. The summed E-state index contributed by atoms with van der Waals surface area (Å²) in [5.74, 6) is -1.55. The summed E-state index contributed by atoms with van der Waals surface area (Å²) < 4.78 is 23.1. The van der Waals surface area contributed by atoms with Gasteiger partial charge in [-0.05, 0) is 55.9 Å². The van der Waals surface area contributed by atoms with Crippen LogP contribution in [0.25, 0.3) is 5.70 Å². The molecule has 2 saturated heterocycles. The first-order valence-electron chi connectivity index (χ1n) is 13.0. The second-order valence-electron chi connectivity index (χ2n) is 10.2. The molecular weight excluding hydrogens is 505 g/mol. The summed E-state index contributed by atoms with van der Waals surface area (Å²) in [6, 6.07) is 9.63. The molecule has 0 saturated carbocycles. The number of amides is 3. The van der Waals surface area contributed by atoms with E-state index >= 15 is 0 Å². The number of Topliss-reactive ketones (excluding diaryl/α,β-unsaturated/α-hetero) is 1. The molecule has 0 N–H and O–H groups in total. The number of ether oxygens (including phenoxy) is 2. The number of methoxy groups -OCH3 is 1. The van der Waals surface area contributed by atoms with E-state index in [1.54, 1.807) is 49.0 Å². The number of benzene rings is 2. The van der Waals surface area contributed by atoms with Crippen LogP contribution in [-0.4, -0.2) is 74.4 Å². The van der Waals surface area contributed by atoms with Crippen LogP contribution in [0.4, 0.5) is 14.9 Å². The van der Waals surface area contributed by atoms with Gasteiger partial charge in [-0.15, -0.1) is 0 Å². The lowest BCUT2D eigenvalue weighted by Gasteiger charge is -2.34. The number of carbonyl (C=O) groups is 4. The first-order chi connectivity index (χ1) is 18.6. The zero-order valence-electron chi connectivity index (χ0n) is 22.5. The lowest BCUT2D eigenvalue weighted by molar-refractivity contribution is -0.147. The number of rotatable bonds is 6. The maximum Gasteiger partial charge on any atom is 0.534 e. The van der Waals surface area contributed by atoms with Gasteiger partial charge in [0.1, 0.15) is 17.3 Å². The van der Waals surface area contributed by atoms with Gasteiger partial charge in [0.2, 0.25) is 5.70 Å². The van der Waals surface area contributed by atoms with Crippen molar-refractivity contribution in [3.05, 3.63) is 64.6 Å². The molecule has 0 aliphatic carbocycles. The van der Waals surface area contributed by atoms with E-state index in [0.29, 0.717) is 30.3 Å². The Morgan fingerprint density at radius 1 is 1.10 bits per heavy atom. The highest BCUT2D eigenvalue weighted by atomic mass is 19.1. The molecule has 0 aromatic heterocycles. The molecule has 3 aliphatic heterocycles. The molecular formula is C29H31FN3O6+. The van der Waals surface area contributed by atoms with Gasteiger partial charge in [0, 0.05) is 33.3 Å². The van der Waals surface area contributed by atoms with Crippen molar-refractivity contribution in [3.8, 4) is 5.75 Å².